The van der Waals surface area contributed by atoms with Crippen molar-refractivity contribution in [1.29, 1.82) is 0 Å². The van der Waals surface area contributed by atoms with Crippen LogP contribution in [0.15, 0.2) is 40.1 Å². The van der Waals surface area contributed by atoms with Crippen molar-refractivity contribution in [2.75, 3.05) is 6.54 Å². The van der Waals surface area contributed by atoms with Crippen LogP contribution in [0.5, 0.6) is 0 Å². The van der Waals surface area contributed by atoms with E-state index in [1.165, 1.54) is 15.2 Å². The van der Waals surface area contributed by atoms with Gasteiger partial charge >= 0.3 is 11.9 Å². The van der Waals surface area contributed by atoms with E-state index >= 15 is 0 Å². The number of H-pyrrole nitrogens is 1. The maximum atomic E-state index is 13.0. The van der Waals surface area contributed by atoms with Crippen molar-refractivity contribution in [1.82, 2.24) is 29.5 Å². The van der Waals surface area contributed by atoms with Crippen LogP contribution in [0, 0.1) is 0 Å². The zero-order valence-corrected chi connectivity index (χ0v) is 17.7. The molecule has 0 spiro atoms. The molecule has 0 unspecified atom stereocenters. The Morgan fingerprint density at radius 3 is 2.62 bits per heavy atom. The fourth-order valence-corrected chi connectivity index (χ4v) is 3.78. The highest BCUT2D eigenvalue weighted by atomic mass is 19.4. The summed E-state index contributed by atoms with van der Waals surface area (Å²) in [5.41, 5.74) is 3.36. The number of alkyl halides is 3. The van der Waals surface area contributed by atoms with E-state index < -0.39 is 23.0 Å². The van der Waals surface area contributed by atoms with E-state index in [1.807, 2.05) is 13.8 Å². The molecule has 4 rings (SSSR count). The minimum Gasteiger partial charge on any atom is -0.332 e. The molecule has 1 aliphatic rings. The van der Waals surface area contributed by atoms with Crippen LogP contribution in [0.1, 0.15) is 37.2 Å². The second-order valence-electron chi connectivity index (χ2n) is 7.58. The second-order valence-corrected chi connectivity index (χ2v) is 7.58. The van der Waals surface area contributed by atoms with Crippen molar-refractivity contribution in [3.63, 3.8) is 0 Å². The van der Waals surface area contributed by atoms with Crippen molar-refractivity contribution in [3.05, 3.63) is 68.3 Å². The summed E-state index contributed by atoms with van der Waals surface area (Å²) in [7, 11) is 0. The van der Waals surface area contributed by atoms with E-state index in [1.54, 1.807) is 17.3 Å². The minimum absolute atomic E-state index is 0.219. The number of aryl methyl sites for hydroxylation is 1. The average molecular weight is 448 g/mol. The van der Waals surface area contributed by atoms with Gasteiger partial charge in [0.1, 0.15) is 11.3 Å². The first-order chi connectivity index (χ1) is 15.2. The lowest BCUT2D eigenvalue weighted by Gasteiger charge is -2.16. The van der Waals surface area contributed by atoms with Gasteiger partial charge in [-0.15, -0.1) is 0 Å². The molecule has 0 saturated heterocycles. The minimum atomic E-state index is -4.40. The lowest BCUT2D eigenvalue weighted by molar-refractivity contribution is -0.137. The maximum Gasteiger partial charge on any atom is 0.416 e. The monoisotopic (exact) mass is 448 g/mol. The molecule has 3 heterocycles. The summed E-state index contributed by atoms with van der Waals surface area (Å²) in [4.78, 5) is 33.0. The highest BCUT2D eigenvalue weighted by Gasteiger charge is 2.30. The molecule has 170 valence electrons. The van der Waals surface area contributed by atoms with Gasteiger partial charge in [-0.3, -0.25) is 13.9 Å². The fourth-order valence-electron chi connectivity index (χ4n) is 3.78. The van der Waals surface area contributed by atoms with Gasteiger partial charge in [-0.1, -0.05) is 19.1 Å². The molecule has 0 fully saturated rings. The molecule has 0 saturated carbocycles. The summed E-state index contributed by atoms with van der Waals surface area (Å²) in [5.74, 6) is 0.437. The number of rotatable bonds is 6. The first-order valence-electron chi connectivity index (χ1n) is 10.3. The van der Waals surface area contributed by atoms with Crippen LogP contribution in [-0.4, -0.2) is 30.7 Å². The number of aromatic amines is 1. The molecule has 2 N–H and O–H groups in total. The van der Waals surface area contributed by atoms with Gasteiger partial charge in [-0.2, -0.15) is 13.2 Å². The number of aromatic nitrogens is 4. The number of imidazole rings is 1. The smallest absolute Gasteiger partial charge is 0.332 e. The van der Waals surface area contributed by atoms with Crippen molar-refractivity contribution in [2.24, 2.45) is 0 Å². The number of hydrazine groups is 1. The van der Waals surface area contributed by atoms with Crippen LogP contribution in [0.2, 0.25) is 0 Å². The molecule has 0 atom stereocenters. The molecule has 32 heavy (non-hydrogen) atoms. The van der Waals surface area contributed by atoms with Gasteiger partial charge < -0.3 is 9.99 Å². The van der Waals surface area contributed by atoms with Crippen LogP contribution in [0.25, 0.3) is 16.7 Å². The first kappa shape index (κ1) is 21.9. The Labute approximate surface area is 181 Å². The number of nitrogens with zero attached hydrogens (tertiary/aromatic N) is 4. The lowest BCUT2D eigenvalue weighted by atomic mass is 10.1. The van der Waals surface area contributed by atoms with E-state index in [-0.39, 0.29) is 12.1 Å². The Bertz CT molecular complexity index is 1300. The Hall–Kier alpha value is -3.34. The van der Waals surface area contributed by atoms with E-state index in [0.29, 0.717) is 43.1 Å². The van der Waals surface area contributed by atoms with Gasteiger partial charge in [0.15, 0.2) is 5.65 Å². The first-order valence-corrected chi connectivity index (χ1v) is 10.3. The molecule has 0 amide bonds. The molecule has 8 nitrogen and oxygen atoms in total. The number of hydrogen-bond acceptors (Lipinski definition) is 5. The zero-order chi connectivity index (χ0) is 23.0. The summed E-state index contributed by atoms with van der Waals surface area (Å²) in [6.07, 6.45) is -2.02. The number of benzene rings is 1. The SMILES string of the molecule is CCCn1c(=O)c2[nH]c(C3=CN(Cc4cccc(C(F)(F)F)c4)NC3)nc2n(CC)c1=O. The predicted octanol–water partition coefficient (Wildman–Crippen LogP) is 2.70. The number of nitrogens with one attached hydrogen (secondary N) is 2. The molecule has 0 aliphatic carbocycles. The molecular formula is C21H23F3N6O2. The van der Waals surface area contributed by atoms with Crippen LogP contribution >= 0.6 is 0 Å². The Kier molecular flexibility index (Phi) is 5.68. The molecule has 0 bridgehead atoms. The van der Waals surface area contributed by atoms with Crippen molar-refractivity contribution in [3.8, 4) is 0 Å². The predicted molar refractivity (Wildman–Crippen MR) is 114 cm³/mol. The topological polar surface area (TPSA) is 87.9 Å². The molecular weight excluding hydrogens is 425 g/mol. The molecule has 11 heteroatoms. The number of hydrogen-bond donors (Lipinski definition) is 2. The van der Waals surface area contributed by atoms with E-state index in [4.69, 9.17) is 0 Å². The summed E-state index contributed by atoms with van der Waals surface area (Å²) in [6.45, 7) is 4.97. The largest absolute Gasteiger partial charge is 0.416 e. The van der Waals surface area contributed by atoms with E-state index in [9.17, 15) is 22.8 Å². The summed E-state index contributed by atoms with van der Waals surface area (Å²) in [6, 6.07) is 5.16. The van der Waals surface area contributed by atoms with Gasteiger partial charge in [-0.25, -0.2) is 15.2 Å². The molecule has 3 aromatic rings. The quantitative estimate of drug-likeness (QED) is 0.606. The van der Waals surface area contributed by atoms with Gasteiger partial charge in [0.05, 0.1) is 12.1 Å². The third-order valence-electron chi connectivity index (χ3n) is 5.32. The van der Waals surface area contributed by atoms with Crippen molar-refractivity contribution >= 4 is 16.7 Å². The van der Waals surface area contributed by atoms with Crippen LogP contribution in [0.4, 0.5) is 13.2 Å². The Morgan fingerprint density at radius 1 is 1.16 bits per heavy atom. The van der Waals surface area contributed by atoms with Crippen LogP contribution in [0.3, 0.4) is 0 Å². The van der Waals surface area contributed by atoms with Gasteiger partial charge in [0.25, 0.3) is 5.56 Å². The fraction of sp³-hybridized carbons (Fsp3) is 0.381. The van der Waals surface area contributed by atoms with E-state index in [2.05, 4.69) is 15.4 Å². The zero-order valence-electron chi connectivity index (χ0n) is 17.7. The van der Waals surface area contributed by atoms with Crippen molar-refractivity contribution in [2.45, 2.75) is 46.1 Å². The van der Waals surface area contributed by atoms with E-state index in [0.717, 1.165) is 17.7 Å². The highest BCUT2D eigenvalue weighted by Crippen LogP contribution is 2.30. The molecule has 0 radical (unpaired) electrons. The van der Waals surface area contributed by atoms with Gasteiger partial charge in [0.2, 0.25) is 0 Å². The molecule has 1 aromatic carbocycles. The number of fused-ring (bicyclic) bond motifs is 1. The third-order valence-corrected chi connectivity index (χ3v) is 5.32. The van der Waals surface area contributed by atoms with Crippen molar-refractivity contribution < 1.29 is 13.2 Å². The third kappa shape index (κ3) is 3.95. The van der Waals surface area contributed by atoms with Crippen LogP contribution in [-0.2, 0) is 25.8 Å². The molecule has 2 aromatic heterocycles. The summed E-state index contributed by atoms with van der Waals surface area (Å²) < 4.78 is 41.5. The second kappa shape index (κ2) is 8.30. The summed E-state index contributed by atoms with van der Waals surface area (Å²) in [5, 5.41) is 1.67. The number of halogens is 3. The Balaban J connectivity index is 1.66. The average Bonchev–Trinajstić information content (AvgIpc) is 3.39. The van der Waals surface area contributed by atoms with Gasteiger partial charge in [0, 0.05) is 31.4 Å². The van der Waals surface area contributed by atoms with Crippen LogP contribution < -0.4 is 16.7 Å². The molecule has 1 aliphatic heterocycles. The van der Waals surface area contributed by atoms with Gasteiger partial charge in [-0.05, 0) is 31.0 Å². The summed E-state index contributed by atoms with van der Waals surface area (Å²) >= 11 is 0. The highest BCUT2D eigenvalue weighted by molar-refractivity contribution is 5.75. The maximum absolute atomic E-state index is 13.0. The standard InChI is InChI=1S/C21H23F3N6O2/c1-3-8-30-19(31)16-18(29(4-2)20(30)32)27-17(26-16)14-10-25-28(12-14)11-13-6-5-7-15(9-13)21(22,23)24/h5-7,9,12,25H,3-4,8,10-11H2,1-2H3,(H,26,27). The normalized spacial score (nSPS) is 14.4. The lowest BCUT2D eigenvalue weighted by Crippen LogP contribution is -2.39. The Morgan fingerprint density at radius 2 is 1.94 bits per heavy atom.